The van der Waals surface area contributed by atoms with Gasteiger partial charge in [-0.3, -0.25) is 5.73 Å². The first-order chi connectivity index (χ1) is 7.58. The van der Waals surface area contributed by atoms with Crippen molar-refractivity contribution in [3.05, 3.63) is 35.9 Å². The zero-order chi connectivity index (χ0) is 12.0. The lowest BCUT2D eigenvalue weighted by Crippen LogP contribution is -2.52. The molecule has 0 radical (unpaired) electrons. The van der Waals surface area contributed by atoms with Crippen LogP contribution in [0, 0.1) is 0 Å². The van der Waals surface area contributed by atoms with Crippen molar-refractivity contribution in [2.75, 3.05) is 12.5 Å². The van der Waals surface area contributed by atoms with Crippen LogP contribution in [-0.2, 0) is 16.0 Å². The molecule has 3 N–H and O–H groups in total. The third kappa shape index (κ3) is 3.48. The van der Waals surface area contributed by atoms with Crippen molar-refractivity contribution >= 4 is 17.6 Å². The minimum atomic E-state index is -1.71. The average molecular weight is 244 g/mol. The Labute approximate surface area is 99.0 Å². The first kappa shape index (κ1) is 13.0. The molecule has 1 atom stereocenters. The second-order valence-corrected chi connectivity index (χ2v) is 3.77. The molecule has 1 aromatic carbocycles. The molecule has 1 rings (SSSR count). The minimum absolute atomic E-state index is 0.108. The van der Waals surface area contributed by atoms with E-state index in [4.69, 9.17) is 27.2 Å². The van der Waals surface area contributed by atoms with E-state index in [1.807, 2.05) is 18.2 Å². The molecule has 0 bridgehead atoms. The Morgan fingerprint density at radius 1 is 1.44 bits per heavy atom. The van der Waals surface area contributed by atoms with Gasteiger partial charge in [-0.05, 0) is 5.56 Å². The Kier molecular flexibility index (Phi) is 4.73. The van der Waals surface area contributed by atoms with E-state index >= 15 is 0 Å². The van der Waals surface area contributed by atoms with Gasteiger partial charge in [0.1, 0.15) is 0 Å². The van der Waals surface area contributed by atoms with E-state index in [0.29, 0.717) is 0 Å². The number of aliphatic carboxylic acids is 1. The number of carboxylic acid groups (broad SMARTS) is 1. The number of carboxylic acids is 1. The molecule has 0 aliphatic heterocycles. The van der Waals surface area contributed by atoms with Crippen LogP contribution in [-0.4, -0.2) is 29.3 Å². The number of alkyl halides is 1. The standard InChI is InChI=1S/C11H14ClNO3/c12-6-7-16-11(13,10(14)15)8-9-4-2-1-3-5-9/h1-5H,6-8,13H2,(H,14,15)/t11-/m1/s1. The number of halogens is 1. The van der Waals surface area contributed by atoms with E-state index in [0.717, 1.165) is 5.56 Å². The first-order valence-electron chi connectivity index (χ1n) is 4.84. The van der Waals surface area contributed by atoms with Crippen LogP contribution in [0.1, 0.15) is 5.56 Å². The van der Waals surface area contributed by atoms with Crippen molar-refractivity contribution in [3.8, 4) is 0 Å². The fourth-order valence-corrected chi connectivity index (χ4v) is 1.39. The maximum Gasteiger partial charge on any atom is 0.351 e. The van der Waals surface area contributed by atoms with Crippen molar-refractivity contribution in [1.29, 1.82) is 0 Å². The summed E-state index contributed by atoms with van der Waals surface area (Å²) in [5.41, 5.74) is 4.77. The zero-order valence-electron chi connectivity index (χ0n) is 8.73. The first-order valence-corrected chi connectivity index (χ1v) is 5.38. The lowest BCUT2D eigenvalue weighted by atomic mass is 10.0. The highest BCUT2D eigenvalue weighted by Gasteiger charge is 2.35. The van der Waals surface area contributed by atoms with Crippen LogP contribution in [0.2, 0.25) is 0 Å². The molecule has 88 valence electrons. The van der Waals surface area contributed by atoms with Crippen LogP contribution in [0.5, 0.6) is 0 Å². The molecule has 0 aliphatic carbocycles. The topological polar surface area (TPSA) is 72.5 Å². The summed E-state index contributed by atoms with van der Waals surface area (Å²) in [7, 11) is 0. The Morgan fingerprint density at radius 3 is 2.56 bits per heavy atom. The SMILES string of the molecule is N[C@](Cc1ccccc1)(OCCCl)C(=O)O. The van der Waals surface area contributed by atoms with Gasteiger partial charge in [0.25, 0.3) is 0 Å². The Morgan fingerprint density at radius 2 is 2.06 bits per heavy atom. The number of benzene rings is 1. The van der Waals surface area contributed by atoms with E-state index in [1.165, 1.54) is 0 Å². The average Bonchev–Trinajstić information content (AvgIpc) is 2.27. The molecule has 4 nitrogen and oxygen atoms in total. The van der Waals surface area contributed by atoms with E-state index in [9.17, 15) is 4.79 Å². The summed E-state index contributed by atoms with van der Waals surface area (Å²) in [5.74, 6) is -0.984. The van der Waals surface area contributed by atoms with Crippen molar-refractivity contribution in [2.24, 2.45) is 5.73 Å². The molecule has 16 heavy (non-hydrogen) atoms. The van der Waals surface area contributed by atoms with Gasteiger partial charge in [-0.2, -0.15) is 0 Å². The Hall–Kier alpha value is -1.10. The Bertz CT molecular complexity index is 344. The van der Waals surface area contributed by atoms with Crippen molar-refractivity contribution in [3.63, 3.8) is 0 Å². The summed E-state index contributed by atoms with van der Waals surface area (Å²) in [6.45, 7) is 0.108. The summed E-state index contributed by atoms with van der Waals surface area (Å²) in [6.07, 6.45) is 0.111. The van der Waals surface area contributed by atoms with Crippen molar-refractivity contribution < 1.29 is 14.6 Å². The molecule has 0 aliphatic rings. The highest BCUT2D eigenvalue weighted by atomic mass is 35.5. The monoisotopic (exact) mass is 243 g/mol. The predicted octanol–water partition coefficient (Wildman–Crippen LogP) is 1.22. The van der Waals surface area contributed by atoms with Crippen LogP contribution >= 0.6 is 11.6 Å². The second-order valence-electron chi connectivity index (χ2n) is 3.39. The number of ether oxygens (including phenoxy) is 1. The second kappa shape index (κ2) is 5.84. The maximum atomic E-state index is 11.0. The van der Waals surface area contributed by atoms with Gasteiger partial charge in [0, 0.05) is 12.3 Å². The molecule has 0 spiro atoms. The quantitative estimate of drug-likeness (QED) is 0.582. The van der Waals surface area contributed by atoms with Gasteiger partial charge in [0.05, 0.1) is 6.61 Å². The number of hydrogen-bond acceptors (Lipinski definition) is 3. The fraction of sp³-hybridized carbons (Fsp3) is 0.364. The highest BCUT2D eigenvalue weighted by molar-refractivity contribution is 6.18. The van der Waals surface area contributed by atoms with Crippen LogP contribution in [0.15, 0.2) is 30.3 Å². The van der Waals surface area contributed by atoms with Crippen LogP contribution in [0.4, 0.5) is 0 Å². The summed E-state index contributed by atoms with van der Waals surface area (Å²) >= 11 is 5.44. The lowest BCUT2D eigenvalue weighted by molar-refractivity contribution is -0.164. The molecule has 0 heterocycles. The maximum absolute atomic E-state index is 11.0. The van der Waals surface area contributed by atoms with Crippen molar-refractivity contribution in [1.82, 2.24) is 0 Å². The number of rotatable bonds is 6. The molecule has 1 aromatic rings. The summed E-state index contributed by atoms with van der Waals surface area (Å²) in [5, 5.41) is 9.03. The van der Waals surface area contributed by atoms with Crippen LogP contribution in [0.25, 0.3) is 0 Å². The molecule has 0 saturated carbocycles. The lowest BCUT2D eigenvalue weighted by Gasteiger charge is -2.24. The van der Waals surface area contributed by atoms with Gasteiger partial charge in [-0.15, -0.1) is 11.6 Å². The van der Waals surface area contributed by atoms with Gasteiger partial charge in [0.15, 0.2) is 0 Å². The smallest absolute Gasteiger partial charge is 0.351 e. The normalized spacial score (nSPS) is 14.4. The van der Waals surface area contributed by atoms with Gasteiger partial charge in [-0.25, -0.2) is 4.79 Å². The van der Waals surface area contributed by atoms with Crippen molar-refractivity contribution in [2.45, 2.75) is 12.1 Å². The summed E-state index contributed by atoms with van der Waals surface area (Å²) in [6, 6.07) is 9.09. The highest BCUT2D eigenvalue weighted by Crippen LogP contribution is 2.13. The van der Waals surface area contributed by atoms with Gasteiger partial charge < -0.3 is 9.84 Å². The fourth-order valence-electron chi connectivity index (χ4n) is 1.31. The molecular formula is C11H14ClNO3. The van der Waals surface area contributed by atoms with Gasteiger partial charge >= 0.3 is 5.97 Å². The minimum Gasteiger partial charge on any atom is -0.478 e. The predicted molar refractivity (Wildman–Crippen MR) is 61.4 cm³/mol. The van der Waals surface area contributed by atoms with Gasteiger partial charge in [-0.1, -0.05) is 30.3 Å². The number of carbonyl (C=O) groups is 1. The van der Waals surface area contributed by atoms with E-state index in [-0.39, 0.29) is 18.9 Å². The molecule has 0 fully saturated rings. The van der Waals surface area contributed by atoms with Crippen LogP contribution < -0.4 is 5.73 Å². The molecule has 0 amide bonds. The third-order valence-corrected chi connectivity index (χ3v) is 2.26. The summed E-state index contributed by atoms with van der Waals surface area (Å²) in [4.78, 5) is 11.0. The van der Waals surface area contributed by atoms with E-state index in [2.05, 4.69) is 0 Å². The molecule has 5 heteroatoms. The largest absolute Gasteiger partial charge is 0.478 e. The zero-order valence-corrected chi connectivity index (χ0v) is 9.48. The van der Waals surface area contributed by atoms with E-state index < -0.39 is 11.7 Å². The molecule has 0 saturated heterocycles. The molecule has 0 unspecified atom stereocenters. The molecule has 0 aromatic heterocycles. The summed E-state index contributed by atoms with van der Waals surface area (Å²) < 4.78 is 5.09. The van der Waals surface area contributed by atoms with E-state index in [1.54, 1.807) is 12.1 Å². The number of hydrogen-bond donors (Lipinski definition) is 2. The third-order valence-electron chi connectivity index (χ3n) is 2.11. The van der Waals surface area contributed by atoms with Gasteiger partial charge in [0.2, 0.25) is 5.72 Å². The Balaban J connectivity index is 2.75. The number of nitrogens with two attached hydrogens (primary N) is 1. The van der Waals surface area contributed by atoms with Crippen LogP contribution in [0.3, 0.4) is 0 Å². The molecular weight excluding hydrogens is 230 g/mol.